The highest BCUT2D eigenvalue weighted by Gasteiger charge is 2.28. The monoisotopic (exact) mass is 493 g/mol. The van der Waals surface area contributed by atoms with Crippen molar-refractivity contribution in [2.75, 3.05) is 11.4 Å². The molecule has 1 N–H and O–H groups in total. The molecule has 0 saturated heterocycles. The predicted molar refractivity (Wildman–Crippen MR) is 136 cm³/mol. The Morgan fingerprint density at radius 3 is 2.53 bits per heavy atom. The van der Waals surface area contributed by atoms with Crippen molar-refractivity contribution in [2.45, 2.75) is 90.5 Å². The van der Waals surface area contributed by atoms with Crippen LogP contribution in [0.1, 0.15) is 73.3 Å². The van der Waals surface area contributed by atoms with Gasteiger partial charge in [-0.2, -0.15) is 15.5 Å². The van der Waals surface area contributed by atoms with Crippen molar-refractivity contribution >= 4 is 22.8 Å². The number of hydrogen-bond acceptors (Lipinski definition) is 7. The highest BCUT2D eigenvalue weighted by atomic mass is 16.6. The van der Waals surface area contributed by atoms with Crippen molar-refractivity contribution in [1.82, 2.24) is 24.5 Å². The molecule has 1 amide bonds. The van der Waals surface area contributed by atoms with Gasteiger partial charge < -0.3 is 9.84 Å². The number of carbonyl (C=O) groups excluding carboxylic acids is 1. The van der Waals surface area contributed by atoms with Gasteiger partial charge in [0.15, 0.2) is 0 Å². The van der Waals surface area contributed by atoms with Crippen LogP contribution in [-0.4, -0.2) is 54.0 Å². The number of aromatic nitrogens is 5. The summed E-state index contributed by atoms with van der Waals surface area (Å²) < 4.78 is 9.22. The molecule has 1 aliphatic rings. The van der Waals surface area contributed by atoms with E-state index in [1.165, 1.54) is 4.90 Å². The van der Waals surface area contributed by atoms with Crippen molar-refractivity contribution in [3.05, 3.63) is 24.7 Å². The molecule has 1 fully saturated rings. The minimum Gasteiger partial charge on any atom is -0.443 e. The number of fused-ring (bicyclic) bond motifs is 1. The zero-order valence-electron chi connectivity index (χ0n) is 21.9. The molecular weight excluding hydrogens is 458 g/mol. The van der Waals surface area contributed by atoms with Gasteiger partial charge in [0.25, 0.3) is 0 Å². The molecule has 3 aromatic heterocycles. The molecule has 0 spiro atoms. The Hall–Kier alpha value is -3.45. The largest absolute Gasteiger partial charge is 0.443 e. The first-order chi connectivity index (χ1) is 16.9. The summed E-state index contributed by atoms with van der Waals surface area (Å²) in [5.74, 6) is 0.490. The Morgan fingerprint density at radius 1 is 1.22 bits per heavy atom. The smallest absolute Gasteiger partial charge is 0.415 e. The lowest BCUT2D eigenvalue weighted by molar-refractivity contribution is 0.0581. The van der Waals surface area contributed by atoms with Crippen molar-refractivity contribution in [3.63, 3.8) is 0 Å². The van der Waals surface area contributed by atoms with E-state index in [1.54, 1.807) is 30.9 Å². The van der Waals surface area contributed by atoms with Crippen LogP contribution in [0, 0.1) is 11.3 Å². The van der Waals surface area contributed by atoms with E-state index in [0.717, 1.165) is 35.0 Å². The Bertz CT molecular complexity index is 1290. The second-order valence-corrected chi connectivity index (χ2v) is 10.9. The number of pyridine rings is 1. The van der Waals surface area contributed by atoms with E-state index in [0.29, 0.717) is 25.2 Å². The lowest BCUT2D eigenvalue weighted by Gasteiger charge is -2.27. The summed E-state index contributed by atoms with van der Waals surface area (Å²) in [4.78, 5) is 19.0. The number of carbonyl (C=O) groups is 1. The van der Waals surface area contributed by atoms with Crippen LogP contribution in [0.25, 0.3) is 22.2 Å². The molecule has 192 valence electrons. The van der Waals surface area contributed by atoms with Crippen LogP contribution in [-0.2, 0) is 10.3 Å². The molecule has 3 aromatic rings. The summed E-state index contributed by atoms with van der Waals surface area (Å²) >= 11 is 0. The molecule has 0 aliphatic heterocycles. The van der Waals surface area contributed by atoms with E-state index >= 15 is 0 Å². The summed E-state index contributed by atoms with van der Waals surface area (Å²) in [6.45, 7) is 11.4. The first kappa shape index (κ1) is 25.6. The normalized spacial score (nSPS) is 18.7. The Morgan fingerprint density at radius 2 is 1.92 bits per heavy atom. The van der Waals surface area contributed by atoms with Crippen molar-refractivity contribution in [3.8, 4) is 17.3 Å². The zero-order chi connectivity index (χ0) is 26.3. The maximum Gasteiger partial charge on any atom is 0.415 e. The number of nitriles is 1. The summed E-state index contributed by atoms with van der Waals surface area (Å²) in [5.41, 5.74) is 0.939. The van der Waals surface area contributed by atoms with E-state index in [9.17, 15) is 15.2 Å². The number of hydrogen-bond donors (Lipinski definition) is 1. The maximum atomic E-state index is 12.9. The Labute approximate surface area is 211 Å². The summed E-state index contributed by atoms with van der Waals surface area (Å²) in [6.07, 6.45) is 7.58. The first-order valence-corrected chi connectivity index (χ1v) is 12.5. The first-order valence-electron chi connectivity index (χ1n) is 12.5. The van der Waals surface area contributed by atoms with Crippen LogP contribution in [0.2, 0.25) is 0 Å². The van der Waals surface area contributed by atoms with Crippen LogP contribution in [0.3, 0.4) is 0 Å². The quantitative estimate of drug-likeness (QED) is 0.542. The van der Waals surface area contributed by atoms with Gasteiger partial charge in [-0.1, -0.05) is 0 Å². The molecule has 10 heteroatoms. The lowest BCUT2D eigenvalue weighted by atomic mass is 9.93. The van der Waals surface area contributed by atoms with Crippen LogP contribution < -0.4 is 4.90 Å². The second kappa shape index (κ2) is 9.54. The molecule has 36 heavy (non-hydrogen) atoms. The van der Waals surface area contributed by atoms with Gasteiger partial charge in [0.1, 0.15) is 22.7 Å². The van der Waals surface area contributed by atoms with E-state index in [2.05, 4.69) is 16.2 Å². The summed E-state index contributed by atoms with van der Waals surface area (Å²) in [7, 11) is 0. The van der Waals surface area contributed by atoms with Gasteiger partial charge >= 0.3 is 6.09 Å². The average molecular weight is 494 g/mol. The fourth-order valence-electron chi connectivity index (χ4n) is 4.47. The molecule has 0 bridgehead atoms. The third kappa shape index (κ3) is 5.07. The van der Waals surface area contributed by atoms with Gasteiger partial charge in [0.2, 0.25) is 0 Å². The van der Waals surface area contributed by atoms with Crippen LogP contribution in [0.4, 0.5) is 10.6 Å². The van der Waals surface area contributed by atoms with Gasteiger partial charge in [0.05, 0.1) is 29.9 Å². The molecule has 0 radical (unpaired) electrons. The van der Waals surface area contributed by atoms with Gasteiger partial charge in [-0.25, -0.2) is 9.78 Å². The highest BCUT2D eigenvalue weighted by Crippen LogP contribution is 2.36. The number of rotatable bonds is 5. The Kier molecular flexibility index (Phi) is 6.80. The SMILES string of the molecule is CCN(C(=O)OC(C)(C)C)c1cc2c(cn1)c(-c1cnn(C(C)(C)C#N)c1)nn2[C@H]1CC[C@H](O)CC1. The molecule has 3 heterocycles. The van der Waals surface area contributed by atoms with Gasteiger partial charge in [-0.05, 0) is 67.2 Å². The molecule has 0 aromatic carbocycles. The molecule has 1 aliphatic carbocycles. The number of ether oxygens (including phenoxy) is 1. The van der Waals surface area contributed by atoms with E-state index in [4.69, 9.17) is 9.84 Å². The van der Waals surface area contributed by atoms with Crippen LogP contribution >= 0.6 is 0 Å². The molecular formula is C26H35N7O3. The standard InChI is InChI=1S/C26H35N7O3/c1-7-31(24(35)36-25(2,3)4)22-12-21-20(14-28-22)23(17-13-29-32(15-17)26(5,6)16-27)30-33(21)18-8-10-19(34)11-9-18/h12-15,18-19,34H,7-11H2,1-6H3/t18-,19-. The molecule has 4 rings (SSSR count). The minimum atomic E-state index is -0.795. The molecule has 10 nitrogen and oxygen atoms in total. The predicted octanol–water partition coefficient (Wildman–Crippen LogP) is 4.79. The van der Waals surface area contributed by atoms with Gasteiger partial charge in [-0.3, -0.25) is 14.3 Å². The van der Waals surface area contributed by atoms with Crippen molar-refractivity contribution in [1.29, 1.82) is 5.26 Å². The second-order valence-electron chi connectivity index (χ2n) is 10.9. The highest BCUT2D eigenvalue weighted by molar-refractivity contribution is 5.96. The molecule has 0 atom stereocenters. The fraction of sp³-hybridized carbons (Fsp3) is 0.577. The topological polar surface area (TPSA) is 122 Å². The zero-order valence-corrected chi connectivity index (χ0v) is 21.9. The van der Waals surface area contributed by atoms with E-state index in [1.807, 2.05) is 44.6 Å². The summed E-state index contributed by atoms with van der Waals surface area (Å²) in [6, 6.07) is 4.26. The summed E-state index contributed by atoms with van der Waals surface area (Å²) in [5, 5.41) is 29.8. The molecule has 0 unspecified atom stereocenters. The third-order valence-corrected chi connectivity index (χ3v) is 6.50. The van der Waals surface area contributed by atoms with Gasteiger partial charge in [-0.15, -0.1) is 0 Å². The molecule has 1 saturated carbocycles. The minimum absolute atomic E-state index is 0.113. The van der Waals surface area contributed by atoms with Crippen LogP contribution in [0.15, 0.2) is 24.7 Å². The number of amides is 1. The van der Waals surface area contributed by atoms with E-state index < -0.39 is 17.2 Å². The average Bonchev–Trinajstić information content (AvgIpc) is 3.44. The number of aliphatic hydroxyl groups excluding tert-OH is 1. The Balaban J connectivity index is 1.81. The lowest BCUT2D eigenvalue weighted by Crippen LogP contribution is -2.37. The van der Waals surface area contributed by atoms with Crippen LogP contribution in [0.5, 0.6) is 0 Å². The van der Waals surface area contributed by atoms with Crippen molar-refractivity contribution < 1.29 is 14.6 Å². The number of aliphatic hydroxyl groups is 1. The van der Waals surface area contributed by atoms with E-state index in [-0.39, 0.29) is 12.1 Å². The fourth-order valence-corrected chi connectivity index (χ4v) is 4.47. The number of nitrogens with zero attached hydrogens (tertiary/aromatic N) is 7. The van der Waals surface area contributed by atoms with Crippen molar-refractivity contribution in [2.24, 2.45) is 0 Å². The maximum absolute atomic E-state index is 12.9. The third-order valence-electron chi connectivity index (χ3n) is 6.50. The number of anilines is 1. The van der Waals surface area contributed by atoms with Gasteiger partial charge in [0, 0.05) is 36.0 Å².